The molecular weight excluding hydrogens is 180 g/mol. The molecule has 0 aromatic rings. The van der Waals surface area contributed by atoms with Crippen LogP contribution in [0.3, 0.4) is 0 Å². The van der Waals surface area contributed by atoms with Crippen LogP contribution in [0, 0.1) is 5.92 Å². The molecule has 0 spiro atoms. The van der Waals surface area contributed by atoms with E-state index < -0.39 is 0 Å². The summed E-state index contributed by atoms with van der Waals surface area (Å²) in [6.45, 7) is 3.53. The maximum atomic E-state index is 9.00. The molecular formula is C10H22N2O2. The van der Waals surface area contributed by atoms with Crippen molar-refractivity contribution in [1.82, 2.24) is 10.2 Å². The molecule has 2 unspecified atom stereocenters. The van der Waals surface area contributed by atoms with Gasteiger partial charge in [0.15, 0.2) is 0 Å². The van der Waals surface area contributed by atoms with Crippen LogP contribution in [-0.4, -0.2) is 61.1 Å². The van der Waals surface area contributed by atoms with Gasteiger partial charge in [-0.25, -0.2) is 0 Å². The number of aliphatic hydroxyl groups is 2. The fourth-order valence-electron chi connectivity index (χ4n) is 1.94. The van der Waals surface area contributed by atoms with E-state index in [-0.39, 0.29) is 19.3 Å². The van der Waals surface area contributed by atoms with E-state index in [2.05, 4.69) is 17.3 Å². The molecule has 3 N–H and O–H groups in total. The maximum Gasteiger partial charge on any atom is 0.0585 e. The first-order valence-electron chi connectivity index (χ1n) is 5.40. The fraction of sp³-hybridized carbons (Fsp3) is 1.00. The van der Waals surface area contributed by atoms with Crippen molar-refractivity contribution in [3.05, 3.63) is 0 Å². The first-order valence-corrected chi connectivity index (χ1v) is 5.40. The Morgan fingerprint density at radius 2 is 2.29 bits per heavy atom. The van der Waals surface area contributed by atoms with Crippen molar-refractivity contribution in [3.63, 3.8) is 0 Å². The molecule has 1 rings (SSSR count). The average molecular weight is 202 g/mol. The van der Waals surface area contributed by atoms with E-state index in [0.717, 1.165) is 13.1 Å². The number of nitrogens with one attached hydrogen (secondary N) is 1. The zero-order valence-corrected chi connectivity index (χ0v) is 8.95. The predicted octanol–water partition coefficient (Wildman–Crippen LogP) is -0.729. The zero-order chi connectivity index (χ0) is 10.4. The maximum absolute atomic E-state index is 9.00. The van der Waals surface area contributed by atoms with Gasteiger partial charge in [0.1, 0.15) is 0 Å². The first kappa shape index (κ1) is 11.9. The van der Waals surface area contributed by atoms with Crippen LogP contribution in [-0.2, 0) is 0 Å². The smallest absolute Gasteiger partial charge is 0.0585 e. The van der Waals surface area contributed by atoms with Gasteiger partial charge in [-0.1, -0.05) is 0 Å². The molecule has 1 fully saturated rings. The Kier molecular flexibility index (Phi) is 5.40. The third-order valence-electron chi connectivity index (χ3n) is 2.88. The molecule has 0 aromatic heterocycles. The highest BCUT2D eigenvalue weighted by Gasteiger charge is 2.19. The summed E-state index contributed by atoms with van der Waals surface area (Å²) in [6.07, 6.45) is 1.87. The highest BCUT2D eigenvalue weighted by Crippen LogP contribution is 2.13. The normalized spacial score (nSPS) is 25.5. The lowest BCUT2D eigenvalue weighted by molar-refractivity contribution is 0.196. The number of hydrogen-bond donors (Lipinski definition) is 3. The van der Waals surface area contributed by atoms with E-state index in [1.54, 1.807) is 0 Å². The Balaban J connectivity index is 2.12. The molecule has 1 aliphatic rings. The van der Waals surface area contributed by atoms with Gasteiger partial charge in [0.05, 0.1) is 6.61 Å². The molecule has 4 heteroatoms. The number of nitrogens with zero attached hydrogens (tertiary/aromatic N) is 1. The Hall–Kier alpha value is -0.160. The van der Waals surface area contributed by atoms with Gasteiger partial charge in [-0.05, 0) is 38.9 Å². The lowest BCUT2D eigenvalue weighted by Gasteiger charge is -2.18. The van der Waals surface area contributed by atoms with E-state index in [9.17, 15) is 0 Å². The minimum atomic E-state index is 0.0610. The van der Waals surface area contributed by atoms with Crippen molar-refractivity contribution >= 4 is 0 Å². The zero-order valence-electron chi connectivity index (χ0n) is 8.95. The summed E-state index contributed by atoms with van der Waals surface area (Å²) in [6, 6.07) is 0.0610. The molecule has 1 aliphatic heterocycles. The van der Waals surface area contributed by atoms with Crippen molar-refractivity contribution in [2.24, 2.45) is 5.92 Å². The van der Waals surface area contributed by atoms with Crippen LogP contribution >= 0.6 is 0 Å². The number of hydrogen-bond acceptors (Lipinski definition) is 4. The summed E-state index contributed by atoms with van der Waals surface area (Å²) in [5, 5.41) is 21.0. The molecule has 0 radical (unpaired) electrons. The standard InChI is InChI=1S/C10H22N2O2/c1-12-4-2-9(7-12)6-11-10(8-14)3-5-13/h9-11,13-14H,2-8H2,1H3. The Labute approximate surface area is 85.9 Å². The van der Waals surface area contributed by atoms with Crippen molar-refractivity contribution in [3.8, 4) is 0 Å². The Bertz CT molecular complexity index is 151. The average Bonchev–Trinajstić information content (AvgIpc) is 2.59. The van der Waals surface area contributed by atoms with Gasteiger partial charge in [0.2, 0.25) is 0 Å². The van der Waals surface area contributed by atoms with Crippen LogP contribution in [0.25, 0.3) is 0 Å². The third kappa shape index (κ3) is 3.92. The topological polar surface area (TPSA) is 55.7 Å². The number of rotatable bonds is 6. The molecule has 84 valence electrons. The van der Waals surface area contributed by atoms with E-state index in [4.69, 9.17) is 10.2 Å². The molecule has 2 atom stereocenters. The molecule has 4 nitrogen and oxygen atoms in total. The van der Waals surface area contributed by atoms with Crippen molar-refractivity contribution in [2.75, 3.05) is 39.9 Å². The highest BCUT2D eigenvalue weighted by atomic mass is 16.3. The van der Waals surface area contributed by atoms with Crippen LogP contribution in [0.2, 0.25) is 0 Å². The summed E-state index contributed by atoms with van der Waals surface area (Å²) < 4.78 is 0. The highest BCUT2D eigenvalue weighted by molar-refractivity contribution is 4.76. The van der Waals surface area contributed by atoms with Crippen LogP contribution in [0.4, 0.5) is 0 Å². The second-order valence-corrected chi connectivity index (χ2v) is 4.22. The molecule has 0 amide bonds. The molecule has 1 saturated heterocycles. The van der Waals surface area contributed by atoms with E-state index in [1.165, 1.54) is 13.0 Å². The van der Waals surface area contributed by atoms with Gasteiger partial charge in [0.25, 0.3) is 0 Å². The molecule has 0 aromatic carbocycles. The third-order valence-corrected chi connectivity index (χ3v) is 2.88. The van der Waals surface area contributed by atoms with Crippen molar-refractivity contribution in [2.45, 2.75) is 18.9 Å². The summed E-state index contributed by atoms with van der Waals surface area (Å²) in [4.78, 5) is 2.33. The van der Waals surface area contributed by atoms with Crippen LogP contribution < -0.4 is 5.32 Å². The summed E-state index contributed by atoms with van der Waals surface area (Å²) in [7, 11) is 2.14. The van der Waals surface area contributed by atoms with Crippen LogP contribution in [0.1, 0.15) is 12.8 Å². The fourth-order valence-corrected chi connectivity index (χ4v) is 1.94. The number of likely N-dealkylation sites (tertiary alicyclic amines) is 1. The minimum Gasteiger partial charge on any atom is -0.396 e. The molecule has 0 aliphatic carbocycles. The van der Waals surface area contributed by atoms with Gasteiger partial charge < -0.3 is 20.4 Å². The Morgan fingerprint density at radius 3 is 2.79 bits per heavy atom. The largest absolute Gasteiger partial charge is 0.396 e. The predicted molar refractivity (Wildman–Crippen MR) is 56.2 cm³/mol. The van der Waals surface area contributed by atoms with Crippen LogP contribution in [0.5, 0.6) is 0 Å². The van der Waals surface area contributed by atoms with E-state index >= 15 is 0 Å². The number of aliphatic hydroxyl groups excluding tert-OH is 2. The molecule has 0 saturated carbocycles. The first-order chi connectivity index (χ1) is 6.76. The molecule has 1 heterocycles. The SMILES string of the molecule is CN1CCC(CNC(CO)CCO)C1. The Morgan fingerprint density at radius 1 is 1.50 bits per heavy atom. The molecule has 14 heavy (non-hydrogen) atoms. The van der Waals surface area contributed by atoms with Gasteiger partial charge >= 0.3 is 0 Å². The van der Waals surface area contributed by atoms with Crippen molar-refractivity contribution in [1.29, 1.82) is 0 Å². The van der Waals surface area contributed by atoms with E-state index in [1.807, 2.05) is 0 Å². The van der Waals surface area contributed by atoms with Crippen molar-refractivity contribution < 1.29 is 10.2 Å². The monoisotopic (exact) mass is 202 g/mol. The second-order valence-electron chi connectivity index (χ2n) is 4.22. The van der Waals surface area contributed by atoms with Gasteiger partial charge in [-0.3, -0.25) is 0 Å². The van der Waals surface area contributed by atoms with Gasteiger partial charge in [-0.15, -0.1) is 0 Å². The van der Waals surface area contributed by atoms with Gasteiger partial charge in [-0.2, -0.15) is 0 Å². The summed E-state index contributed by atoms with van der Waals surface area (Å²) >= 11 is 0. The molecule has 0 bridgehead atoms. The quantitative estimate of drug-likeness (QED) is 0.531. The second kappa shape index (κ2) is 6.35. The van der Waals surface area contributed by atoms with Gasteiger partial charge in [0, 0.05) is 19.2 Å². The lowest BCUT2D eigenvalue weighted by Crippen LogP contribution is -2.37. The minimum absolute atomic E-state index is 0.0610. The van der Waals surface area contributed by atoms with E-state index in [0.29, 0.717) is 12.3 Å². The summed E-state index contributed by atoms with van der Waals surface area (Å²) in [5.74, 6) is 0.702. The summed E-state index contributed by atoms with van der Waals surface area (Å²) in [5.41, 5.74) is 0. The lowest BCUT2D eigenvalue weighted by atomic mass is 10.1. The van der Waals surface area contributed by atoms with Crippen LogP contribution in [0.15, 0.2) is 0 Å².